The van der Waals surface area contributed by atoms with Crippen LogP contribution in [0.2, 0.25) is 0 Å². The van der Waals surface area contributed by atoms with Crippen LogP contribution in [0, 0.1) is 17.2 Å². The van der Waals surface area contributed by atoms with Gasteiger partial charge >= 0.3 is 0 Å². The molecule has 0 atom stereocenters. The summed E-state index contributed by atoms with van der Waals surface area (Å²) >= 11 is 0. The van der Waals surface area contributed by atoms with Crippen molar-refractivity contribution >= 4 is 0 Å². The molecule has 1 heterocycles. The Kier molecular flexibility index (Phi) is 5.55. The number of nitriles is 1. The Balaban J connectivity index is 1.90. The molecule has 0 amide bonds. The number of hydrogen-bond donors (Lipinski definition) is 1. The van der Waals surface area contributed by atoms with Crippen molar-refractivity contribution in [2.45, 2.75) is 25.7 Å². The minimum absolute atomic E-state index is 0.619. The van der Waals surface area contributed by atoms with E-state index in [9.17, 15) is 0 Å². The second kappa shape index (κ2) is 6.88. The molecule has 1 N–H and O–H groups in total. The van der Waals surface area contributed by atoms with Crippen molar-refractivity contribution < 1.29 is 4.74 Å². The zero-order valence-corrected chi connectivity index (χ0v) is 8.09. The van der Waals surface area contributed by atoms with E-state index < -0.39 is 0 Å². The van der Waals surface area contributed by atoms with Gasteiger partial charge in [0.05, 0.1) is 6.07 Å². The first-order valence-corrected chi connectivity index (χ1v) is 5.09. The number of hydrogen-bond acceptors (Lipinski definition) is 3. The summed E-state index contributed by atoms with van der Waals surface area (Å²) in [6, 6.07) is 2.12. The molecule has 74 valence electrons. The third-order valence-electron chi connectivity index (χ3n) is 2.48. The van der Waals surface area contributed by atoms with Crippen LogP contribution >= 0.6 is 0 Å². The molecule has 0 aromatic carbocycles. The monoisotopic (exact) mass is 182 g/mol. The van der Waals surface area contributed by atoms with Crippen molar-refractivity contribution in [2.24, 2.45) is 5.92 Å². The average Bonchev–Trinajstić information content (AvgIpc) is 2.19. The maximum absolute atomic E-state index is 8.31. The molecule has 0 spiro atoms. The number of rotatable bonds is 5. The first-order valence-electron chi connectivity index (χ1n) is 5.09. The molecule has 0 radical (unpaired) electrons. The Bertz CT molecular complexity index is 159. The highest BCUT2D eigenvalue weighted by atomic mass is 16.5. The molecule has 0 saturated carbocycles. The normalized spacial score (nSPS) is 18.4. The Morgan fingerprint density at radius 3 is 2.77 bits per heavy atom. The summed E-state index contributed by atoms with van der Waals surface area (Å²) in [5.74, 6) is 0.836. The van der Waals surface area contributed by atoms with E-state index in [-0.39, 0.29) is 0 Å². The molecule has 13 heavy (non-hydrogen) atoms. The van der Waals surface area contributed by atoms with Crippen LogP contribution in [-0.2, 0) is 4.74 Å². The van der Waals surface area contributed by atoms with Gasteiger partial charge < -0.3 is 10.1 Å². The molecule has 0 aromatic rings. The maximum Gasteiger partial charge on any atom is 0.0635 e. The fourth-order valence-electron chi connectivity index (χ4n) is 1.61. The summed E-state index contributed by atoms with van der Waals surface area (Å²) in [7, 11) is 0. The van der Waals surface area contributed by atoms with E-state index in [0.717, 1.165) is 32.2 Å². The summed E-state index contributed by atoms with van der Waals surface area (Å²) in [4.78, 5) is 0. The van der Waals surface area contributed by atoms with E-state index in [0.29, 0.717) is 6.42 Å². The lowest BCUT2D eigenvalue weighted by molar-refractivity contribution is 0.0640. The molecule has 0 unspecified atom stereocenters. The molecule has 3 nitrogen and oxygen atoms in total. The minimum Gasteiger partial charge on any atom is -0.381 e. The van der Waals surface area contributed by atoms with Crippen LogP contribution in [0.25, 0.3) is 0 Å². The van der Waals surface area contributed by atoms with Gasteiger partial charge in [-0.2, -0.15) is 5.26 Å². The molecule has 0 aliphatic carbocycles. The van der Waals surface area contributed by atoms with Crippen molar-refractivity contribution in [3.05, 3.63) is 0 Å². The third-order valence-corrected chi connectivity index (χ3v) is 2.48. The number of ether oxygens (including phenoxy) is 1. The van der Waals surface area contributed by atoms with Crippen molar-refractivity contribution in [3.8, 4) is 6.07 Å². The lowest BCUT2D eigenvalue weighted by atomic mass is 9.97. The molecule has 0 aromatic heterocycles. The number of nitrogens with zero attached hydrogens (tertiary/aromatic N) is 1. The first kappa shape index (κ1) is 10.5. The fourth-order valence-corrected chi connectivity index (χ4v) is 1.61. The molecule has 3 heteroatoms. The summed E-state index contributed by atoms with van der Waals surface area (Å²) in [6.07, 6.45) is 4.27. The molecule has 0 bridgehead atoms. The van der Waals surface area contributed by atoms with E-state index >= 15 is 0 Å². The van der Waals surface area contributed by atoms with Crippen LogP contribution in [0.5, 0.6) is 0 Å². The van der Waals surface area contributed by atoms with Crippen molar-refractivity contribution in [2.75, 3.05) is 26.3 Å². The van der Waals surface area contributed by atoms with Crippen LogP contribution < -0.4 is 5.32 Å². The van der Waals surface area contributed by atoms with Crippen LogP contribution in [-0.4, -0.2) is 26.3 Å². The topological polar surface area (TPSA) is 45.0 Å². The van der Waals surface area contributed by atoms with Gasteiger partial charge in [0.25, 0.3) is 0 Å². The Hall–Kier alpha value is -0.590. The van der Waals surface area contributed by atoms with Gasteiger partial charge in [-0.3, -0.25) is 0 Å². The van der Waals surface area contributed by atoms with E-state index in [1.165, 1.54) is 19.3 Å². The highest BCUT2D eigenvalue weighted by Gasteiger charge is 2.12. The largest absolute Gasteiger partial charge is 0.381 e. The lowest BCUT2D eigenvalue weighted by Crippen LogP contribution is -2.22. The summed E-state index contributed by atoms with van der Waals surface area (Å²) in [5, 5.41) is 11.6. The molecular weight excluding hydrogens is 164 g/mol. The van der Waals surface area contributed by atoms with Gasteiger partial charge in [-0.05, 0) is 31.7 Å². The standard InChI is InChI=1S/C10H18N2O/c11-5-1-6-12-7-2-10-3-8-13-9-4-10/h10,12H,1-4,6-9H2. The highest BCUT2D eigenvalue weighted by Crippen LogP contribution is 2.17. The van der Waals surface area contributed by atoms with Gasteiger partial charge in [0.15, 0.2) is 0 Å². The second-order valence-electron chi connectivity index (χ2n) is 3.50. The zero-order chi connectivity index (χ0) is 9.36. The highest BCUT2D eigenvalue weighted by molar-refractivity contribution is 4.71. The van der Waals surface area contributed by atoms with Crippen LogP contribution in [0.3, 0.4) is 0 Å². The number of nitrogens with one attached hydrogen (secondary N) is 1. The molecule has 1 fully saturated rings. The lowest BCUT2D eigenvalue weighted by Gasteiger charge is -2.21. The Labute approximate surface area is 80.1 Å². The van der Waals surface area contributed by atoms with Crippen molar-refractivity contribution in [3.63, 3.8) is 0 Å². The van der Waals surface area contributed by atoms with Gasteiger partial charge in [0, 0.05) is 26.2 Å². The quantitative estimate of drug-likeness (QED) is 0.652. The SMILES string of the molecule is N#CCCNCCC1CCOCC1. The predicted molar refractivity (Wildman–Crippen MR) is 51.3 cm³/mol. The summed E-state index contributed by atoms with van der Waals surface area (Å²) < 4.78 is 5.28. The summed E-state index contributed by atoms with van der Waals surface area (Å²) in [5.41, 5.74) is 0. The van der Waals surface area contributed by atoms with Crippen LogP contribution in [0.15, 0.2) is 0 Å². The first-order chi connectivity index (χ1) is 6.43. The van der Waals surface area contributed by atoms with E-state index in [1.54, 1.807) is 0 Å². The molecular formula is C10H18N2O. The molecule has 1 saturated heterocycles. The van der Waals surface area contributed by atoms with Gasteiger partial charge in [-0.25, -0.2) is 0 Å². The maximum atomic E-state index is 8.31. The Morgan fingerprint density at radius 1 is 1.31 bits per heavy atom. The van der Waals surface area contributed by atoms with Crippen molar-refractivity contribution in [1.82, 2.24) is 5.32 Å². The average molecular weight is 182 g/mol. The summed E-state index contributed by atoms with van der Waals surface area (Å²) in [6.45, 7) is 3.75. The molecule has 1 rings (SSSR count). The van der Waals surface area contributed by atoms with Crippen molar-refractivity contribution in [1.29, 1.82) is 5.26 Å². The van der Waals surface area contributed by atoms with Gasteiger partial charge in [0.2, 0.25) is 0 Å². The van der Waals surface area contributed by atoms with E-state index in [1.807, 2.05) is 0 Å². The van der Waals surface area contributed by atoms with Gasteiger partial charge in [-0.1, -0.05) is 0 Å². The van der Waals surface area contributed by atoms with E-state index in [2.05, 4.69) is 11.4 Å². The third kappa shape index (κ3) is 4.87. The van der Waals surface area contributed by atoms with Gasteiger partial charge in [0.1, 0.15) is 0 Å². The minimum atomic E-state index is 0.619. The molecule has 1 aliphatic rings. The second-order valence-corrected chi connectivity index (χ2v) is 3.50. The smallest absolute Gasteiger partial charge is 0.0635 e. The van der Waals surface area contributed by atoms with E-state index in [4.69, 9.17) is 10.00 Å². The fraction of sp³-hybridized carbons (Fsp3) is 0.900. The zero-order valence-electron chi connectivity index (χ0n) is 8.09. The van der Waals surface area contributed by atoms with Gasteiger partial charge in [-0.15, -0.1) is 0 Å². The molecule has 1 aliphatic heterocycles. The predicted octanol–water partition coefficient (Wildman–Crippen LogP) is 1.31. The van der Waals surface area contributed by atoms with Crippen LogP contribution in [0.4, 0.5) is 0 Å². The Morgan fingerprint density at radius 2 is 2.08 bits per heavy atom. The van der Waals surface area contributed by atoms with Crippen LogP contribution in [0.1, 0.15) is 25.7 Å².